The summed E-state index contributed by atoms with van der Waals surface area (Å²) in [6.45, 7) is 9.35. The van der Waals surface area contributed by atoms with Crippen LogP contribution in [-0.4, -0.2) is 35.3 Å². The van der Waals surface area contributed by atoms with Crippen molar-refractivity contribution in [1.29, 1.82) is 0 Å². The third kappa shape index (κ3) is 4.34. The van der Waals surface area contributed by atoms with E-state index in [1.807, 2.05) is 32.0 Å². The molecule has 2 N–H and O–H groups in total. The first-order valence-electron chi connectivity index (χ1n) is 9.02. The number of benzene rings is 1. The molecule has 2 unspecified atom stereocenters. The van der Waals surface area contributed by atoms with E-state index in [4.69, 9.17) is 4.74 Å². The second-order valence-corrected chi connectivity index (χ2v) is 6.90. The predicted molar refractivity (Wildman–Crippen MR) is 101 cm³/mol. The van der Waals surface area contributed by atoms with Gasteiger partial charge in [0, 0.05) is 29.7 Å². The van der Waals surface area contributed by atoms with Gasteiger partial charge in [-0.2, -0.15) is 0 Å². The molecule has 25 heavy (non-hydrogen) atoms. The number of hydrogen-bond acceptors (Lipinski definition) is 3. The van der Waals surface area contributed by atoms with E-state index in [1.165, 1.54) is 0 Å². The van der Waals surface area contributed by atoms with E-state index in [2.05, 4.69) is 16.8 Å². The quantitative estimate of drug-likeness (QED) is 0.769. The Morgan fingerprint density at radius 3 is 2.68 bits per heavy atom. The summed E-state index contributed by atoms with van der Waals surface area (Å²) in [5.74, 6) is 0.906. The molecule has 0 aliphatic heterocycles. The van der Waals surface area contributed by atoms with Crippen LogP contribution in [0, 0.1) is 12.8 Å². The summed E-state index contributed by atoms with van der Waals surface area (Å²) in [5, 5.41) is 13.4. The van der Waals surface area contributed by atoms with E-state index in [1.54, 1.807) is 14.0 Å². The second kappa shape index (κ2) is 8.39. The van der Waals surface area contributed by atoms with Crippen LogP contribution in [0.2, 0.25) is 0 Å². The minimum absolute atomic E-state index is 0.0666. The summed E-state index contributed by atoms with van der Waals surface area (Å²) in [6, 6.07) is 5.88. The number of hydrogen-bond donors (Lipinski definition) is 2. The molecule has 1 aromatic carbocycles. The normalized spacial score (nSPS) is 13.7. The average molecular weight is 346 g/mol. The zero-order valence-electron chi connectivity index (χ0n) is 15.9. The van der Waals surface area contributed by atoms with Gasteiger partial charge in [0.15, 0.2) is 0 Å². The fourth-order valence-corrected chi connectivity index (χ4v) is 3.41. The highest BCUT2D eigenvalue weighted by Gasteiger charge is 2.20. The van der Waals surface area contributed by atoms with Crippen LogP contribution < -0.4 is 10.1 Å². The lowest BCUT2D eigenvalue weighted by atomic mass is 10.0. The van der Waals surface area contributed by atoms with Crippen LogP contribution in [0.5, 0.6) is 5.75 Å². The monoisotopic (exact) mass is 346 g/mol. The van der Waals surface area contributed by atoms with Gasteiger partial charge in [-0.3, -0.25) is 4.79 Å². The van der Waals surface area contributed by atoms with E-state index < -0.39 is 0 Å². The van der Waals surface area contributed by atoms with E-state index in [0.717, 1.165) is 35.3 Å². The van der Waals surface area contributed by atoms with Crippen molar-refractivity contribution in [3.8, 4) is 5.75 Å². The maximum Gasteiger partial charge on any atom is 0.253 e. The summed E-state index contributed by atoms with van der Waals surface area (Å²) in [4.78, 5) is 12.9. The van der Waals surface area contributed by atoms with Crippen LogP contribution in [0.4, 0.5) is 0 Å². The zero-order valence-corrected chi connectivity index (χ0v) is 15.9. The standard InChI is InChI=1S/C20H30N2O3/c1-6-9-22-15(4)19(17-11-16(25-5)7-8-18(17)22)20(24)21-12-13(2)10-14(3)23/h7-8,11,13-14,23H,6,9-10,12H2,1-5H3,(H,21,24). The van der Waals surface area contributed by atoms with Gasteiger partial charge in [0.1, 0.15) is 5.75 Å². The number of aromatic nitrogens is 1. The largest absolute Gasteiger partial charge is 0.497 e. The van der Waals surface area contributed by atoms with Crippen molar-refractivity contribution in [2.75, 3.05) is 13.7 Å². The maximum absolute atomic E-state index is 12.9. The van der Waals surface area contributed by atoms with Gasteiger partial charge in [0.2, 0.25) is 0 Å². The average Bonchev–Trinajstić information content (AvgIpc) is 2.84. The number of rotatable bonds is 8. The van der Waals surface area contributed by atoms with Crippen molar-refractivity contribution < 1.29 is 14.6 Å². The highest BCUT2D eigenvalue weighted by molar-refractivity contribution is 6.08. The Kier molecular flexibility index (Phi) is 6.48. The summed E-state index contributed by atoms with van der Waals surface area (Å²) < 4.78 is 7.54. The van der Waals surface area contributed by atoms with E-state index in [-0.39, 0.29) is 17.9 Å². The zero-order chi connectivity index (χ0) is 18.6. The lowest BCUT2D eigenvalue weighted by Gasteiger charge is -2.14. The summed E-state index contributed by atoms with van der Waals surface area (Å²) >= 11 is 0. The third-order valence-electron chi connectivity index (χ3n) is 4.56. The van der Waals surface area contributed by atoms with Crippen molar-refractivity contribution in [3.05, 3.63) is 29.5 Å². The predicted octanol–water partition coefficient (Wildman–Crippen LogP) is 3.51. The number of nitrogens with zero attached hydrogens (tertiary/aromatic N) is 1. The molecule has 0 bridgehead atoms. The Balaban J connectivity index is 2.35. The lowest BCUT2D eigenvalue weighted by Crippen LogP contribution is -2.30. The number of aliphatic hydroxyl groups excluding tert-OH is 1. The number of aliphatic hydroxyl groups is 1. The highest BCUT2D eigenvalue weighted by atomic mass is 16.5. The molecule has 1 amide bonds. The molecule has 138 valence electrons. The minimum atomic E-state index is -0.357. The molecule has 0 saturated heterocycles. The van der Waals surface area contributed by atoms with Gasteiger partial charge >= 0.3 is 0 Å². The van der Waals surface area contributed by atoms with Gasteiger partial charge in [-0.25, -0.2) is 0 Å². The van der Waals surface area contributed by atoms with Crippen LogP contribution in [0.15, 0.2) is 18.2 Å². The smallest absolute Gasteiger partial charge is 0.253 e. The van der Waals surface area contributed by atoms with Gasteiger partial charge < -0.3 is 19.7 Å². The van der Waals surface area contributed by atoms with Crippen LogP contribution >= 0.6 is 0 Å². The highest BCUT2D eigenvalue weighted by Crippen LogP contribution is 2.29. The third-order valence-corrected chi connectivity index (χ3v) is 4.56. The Morgan fingerprint density at radius 1 is 1.36 bits per heavy atom. The van der Waals surface area contributed by atoms with Crippen molar-refractivity contribution >= 4 is 16.8 Å². The van der Waals surface area contributed by atoms with E-state index >= 15 is 0 Å². The molecule has 0 saturated carbocycles. The number of carbonyl (C=O) groups excluding carboxylic acids is 1. The summed E-state index contributed by atoms with van der Waals surface area (Å²) in [6.07, 6.45) is 1.32. The van der Waals surface area contributed by atoms with Gasteiger partial charge in [0.25, 0.3) is 5.91 Å². The van der Waals surface area contributed by atoms with Crippen LogP contribution in [0.25, 0.3) is 10.9 Å². The molecule has 0 aliphatic carbocycles. The first-order chi connectivity index (χ1) is 11.9. The molecular formula is C20H30N2O3. The van der Waals surface area contributed by atoms with Crippen molar-refractivity contribution in [2.24, 2.45) is 5.92 Å². The SMILES string of the molecule is CCCn1c(C)c(C(=O)NCC(C)CC(C)O)c2cc(OC)ccc21. The molecule has 0 spiro atoms. The Hall–Kier alpha value is -2.01. The number of carbonyl (C=O) groups is 1. The number of amides is 1. The molecule has 5 nitrogen and oxygen atoms in total. The molecule has 0 fully saturated rings. The van der Waals surface area contributed by atoms with Crippen molar-refractivity contribution in [3.63, 3.8) is 0 Å². The van der Waals surface area contributed by atoms with Crippen LogP contribution in [0.3, 0.4) is 0 Å². The van der Waals surface area contributed by atoms with Gasteiger partial charge in [-0.05, 0) is 50.8 Å². The van der Waals surface area contributed by atoms with Crippen molar-refractivity contribution in [1.82, 2.24) is 9.88 Å². The fourth-order valence-electron chi connectivity index (χ4n) is 3.41. The number of methoxy groups -OCH3 is 1. The van der Waals surface area contributed by atoms with Gasteiger partial charge in [0.05, 0.1) is 18.8 Å². The Bertz CT molecular complexity index is 734. The van der Waals surface area contributed by atoms with E-state index in [9.17, 15) is 9.90 Å². The van der Waals surface area contributed by atoms with Crippen LogP contribution in [-0.2, 0) is 6.54 Å². The number of aryl methyl sites for hydroxylation is 1. The maximum atomic E-state index is 12.9. The number of ether oxygens (including phenoxy) is 1. The minimum Gasteiger partial charge on any atom is -0.497 e. The lowest BCUT2D eigenvalue weighted by molar-refractivity contribution is 0.0940. The molecule has 2 atom stereocenters. The molecule has 2 aromatic rings. The number of nitrogens with one attached hydrogen (secondary N) is 1. The molecule has 5 heteroatoms. The first-order valence-corrected chi connectivity index (χ1v) is 9.02. The molecule has 1 heterocycles. The number of fused-ring (bicyclic) bond motifs is 1. The fraction of sp³-hybridized carbons (Fsp3) is 0.550. The Morgan fingerprint density at radius 2 is 2.08 bits per heavy atom. The van der Waals surface area contributed by atoms with Crippen LogP contribution in [0.1, 0.15) is 49.7 Å². The molecule has 0 aliphatic rings. The van der Waals surface area contributed by atoms with Gasteiger partial charge in [-0.1, -0.05) is 13.8 Å². The summed E-state index contributed by atoms with van der Waals surface area (Å²) in [7, 11) is 1.63. The van der Waals surface area contributed by atoms with E-state index in [0.29, 0.717) is 18.5 Å². The molecule has 2 rings (SSSR count). The van der Waals surface area contributed by atoms with Gasteiger partial charge in [-0.15, -0.1) is 0 Å². The first kappa shape index (κ1) is 19.3. The second-order valence-electron chi connectivity index (χ2n) is 6.90. The molecule has 1 aromatic heterocycles. The molecule has 0 radical (unpaired) electrons. The Labute approximate surface area is 150 Å². The summed E-state index contributed by atoms with van der Waals surface area (Å²) in [5.41, 5.74) is 2.75. The van der Waals surface area contributed by atoms with Crippen molar-refractivity contribution in [2.45, 2.75) is 53.2 Å². The topological polar surface area (TPSA) is 63.5 Å². The molecular weight excluding hydrogens is 316 g/mol.